The summed E-state index contributed by atoms with van der Waals surface area (Å²) < 4.78 is 55.2. The number of hydrogen-bond acceptors (Lipinski definition) is 6. The third-order valence-electron chi connectivity index (χ3n) is 7.19. The molecule has 0 fully saturated rings. The van der Waals surface area contributed by atoms with Crippen molar-refractivity contribution in [3.63, 3.8) is 0 Å². The topological polar surface area (TPSA) is 105 Å². The number of ether oxygens (including phenoxy) is 2. The molecule has 1 N–H and O–H groups in total. The Balaban J connectivity index is 1.86. The first-order valence-electron chi connectivity index (χ1n) is 14.3. The van der Waals surface area contributed by atoms with E-state index in [1.54, 1.807) is 37.3 Å². The lowest BCUT2D eigenvalue weighted by Gasteiger charge is -2.34. The minimum Gasteiger partial charge on any atom is -0.497 e. The van der Waals surface area contributed by atoms with Crippen LogP contribution in [0.2, 0.25) is 0 Å². The number of nitrogens with zero attached hydrogens (tertiary/aromatic N) is 2. The number of likely N-dealkylation sites (N-methyl/N-ethyl adjacent to an activating group) is 1. The summed E-state index contributed by atoms with van der Waals surface area (Å²) >= 11 is 0. The van der Waals surface area contributed by atoms with Crippen LogP contribution in [0.1, 0.15) is 18.1 Å². The summed E-state index contributed by atoms with van der Waals surface area (Å²) in [6, 6.07) is 26.2. The number of amides is 2. The zero-order valence-electron chi connectivity index (χ0n) is 25.4. The smallest absolute Gasteiger partial charge is 0.264 e. The van der Waals surface area contributed by atoms with Gasteiger partial charge in [-0.3, -0.25) is 13.9 Å². The Morgan fingerprint density at radius 3 is 2.13 bits per heavy atom. The fourth-order valence-corrected chi connectivity index (χ4v) is 6.32. The van der Waals surface area contributed by atoms with Crippen molar-refractivity contribution >= 4 is 27.5 Å². The Hall–Kier alpha value is -4.90. The summed E-state index contributed by atoms with van der Waals surface area (Å²) in [7, 11) is -1.54. The van der Waals surface area contributed by atoms with Crippen molar-refractivity contribution in [2.75, 3.05) is 31.6 Å². The zero-order chi connectivity index (χ0) is 32.4. The number of methoxy groups -OCH3 is 2. The molecule has 45 heavy (non-hydrogen) atoms. The standard InChI is InChI=1S/C34H36FN3O6S/c1-4-36-34(40)31(21-25-13-7-5-8-14-25)37(23-26-15-11-12-18-29(26)35)33(39)24-38(45(41,42)28-16-9-6-10-17-28)30-22-27(43-2)19-20-32(30)44-3/h5-20,22,31H,4,21,23-24H2,1-3H3,(H,36,40). The molecule has 2 amide bonds. The zero-order valence-corrected chi connectivity index (χ0v) is 26.2. The second-order valence-corrected chi connectivity index (χ2v) is 11.9. The molecule has 0 aliphatic carbocycles. The number of halogens is 1. The monoisotopic (exact) mass is 633 g/mol. The maximum Gasteiger partial charge on any atom is 0.264 e. The predicted octanol–water partition coefficient (Wildman–Crippen LogP) is 4.81. The molecule has 0 aromatic heterocycles. The van der Waals surface area contributed by atoms with E-state index in [4.69, 9.17) is 9.47 Å². The van der Waals surface area contributed by atoms with Crippen LogP contribution < -0.4 is 19.1 Å². The molecule has 4 rings (SSSR count). The van der Waals surface area contributed by atoms with E-state index in [1.807, 2.05) is 30.3 Å². The van der Waals surface area contributed by atoms with Gasteiger partial charge in [0.05, 0.1) is 24.8 Å². The van der Waals surface area contributed by atoms with Gasteiger partial charge in [-0.1, -0.05) is 66.7 Å². The van der Waals surface area contributed by atoms with Crippen molar-refractivity contribution in [2.45, 2.75) is 30.8 Å². The van der Waals surface area contributed by atoms with Crippen LogP contribution in [-0.4, -0.2) is 58.5 Å². The minimum atomic E-state index is -4.36. The van der Waals surface area contributed by atoms with Crippen LogP contribution in [0.3, 0.4) is 0 Å². The van der Waals surface area contributed by atoms with Crippen molar-refractivity contribution < 1.29 is 31.9 Å². The largest absolute Gasteiger partial charge is 0.497 e. The number of sulfonamides is 1. The first-order valence-corrected chi connectivity index (χ1v) is 15.8. The molecule has 236 valence electrons. The lowest BCUT2D eigenvalue weighted by atomic mass is 10.0. The Morgan fingerprint density at radius 2 is 1.51 bits per heavy atom. The molecule has 11 heteroatoms. The van der Waals surface area contributed by atoms with Crippen LogP contribution in [0.5, 0.6) is 11.5 Å². The number of nitrogens with one attached hydrogen (secondary N) is 1. The number of carbonyl (C=O) groups excluding carboxylic acids is 2. The summed E-state index contributed by atoms with van der Waals surface area (Å²) in [5.74, 6) is -1.24. The van der Waals surface area contributed by atoms with Crippen LogP contribution in [-0.2, 0) is 32.6 Å². The SMILES string of the molecule is CCNC(=O)C(Cc1ccccc1)N(Cc1ccccc1F)C(=O)CN(c1cc(OC)ccc1OC)S(=O)(=O)c1ccccc1. The number of benzene rings is 4. The molecule has 0 radical (unpaired) electrons. The lowest BCUT2D eigenvalue weighted by Crippen LogP contribution is -2.53. The van der Waals surface area contributed by atoms with Gasteiger partial charge >= 0.3 is 0 Å². The molecule has 0 saturated heterocycles. The average molecular weight is 634 g/mol. The number of carbonyl (C=O) groups is 2. The molecular formula is C34H36FN3O6S. The molecule has 0 aliphatic heterocycles. The van der Waals surface area contributed by atoms with Gasteiger partial charge in [-0.25, -0.2) is 12.8 Å². The van der Waals surface area contributed by atoms with Crippen molar-refractivity contribution in [1.29, 1.82) is 0 Å². The maximum absolute atomic E-state index is 15.0. The second-order valence-electron chi connectivity index (χ2n) is 10.1. The first-order chi connectivity index (χ1) is 21.7. The van der Waals surface area contributed by atoms with Gasteiger partial charge in [0.2, 0.25) is 11.8 Å². The van der Waals surface area contributed by atoms with Gasteiger partial charge in [0.15, 0.2) is 0 Å². The van der Waals surface area contributed by atoms with Gasteiger partial charge in [0.25, 0.3) is 10.0 Å². The predicted molar refractivity (Wildman–Crippen MR) is 170 cm³/mol. The summed E-state index contributed by atoms with van der Waals surface area (Å²) in [5, 5.41) is 2.78. The van der Waals surface area contributed by atoms with Crippen LogP contribution in [0, 0.1) is 5.82 Å². The van der Waals surface area contributed by atoms with Crippen molar-refractivity contribution in [3.05, 3.63) is 120 Å². The van der Waals surface area contributed by atoms with E-state index in [0.29, 0.717) is 12.3 Å². The van der Waals surface area contributed by atoms with Gasteiger partial charge < -0.3 is 19.7 Å². The van der Waals surface area contributed by atoms with Crippen LogP contribution in [0.4, 0.5) is 10.1 Å². The van der Waals surface area contributed by atoms with E-state index in [0.717, 1.165) is 9.87 Å². The fourth-order valence-electron chi connectivity index (χ4n) is 4.88. The Morgan fingerprint density at radius 1 is 0.867 bits per heavy atom. The summed E-state index contributed by atoms with van der Waals surface area (Å²) in [5.41, 5.74) is 0.991. The molecule has 4 aromatic rings. The highest BCUT2D eigenvalue weighted by atomic mass is 32.2. The van der Waals surface area contributed by atoms with Crippen LogP contribution >= 0.6 is 0 Å². The second kappa shape index (κ2) is 15.2. The number of rotatable bonds is 14. The summed E-state index contributed by atoms with van der Waals surface area (Å²) in [4.78, 5) is 29.2. The Labute approximate surface area is 263 Å². The molecule has 4 aromatic carbocycles. The molecule has 1 atom stereocenters. The van der Waals surface area contributed by atoms with Gasteiger partial charge in [-0.15, -0.1) is 0 Å². The van der Waals surface area contributed by atoms with Crippen molar-refractivity contribution in [3.8, 4) is 11.5 Å². The fraction of sp³-hybridized carbons (Fsp3) is 0.235. The van der Waals surface area contributed by atoms with Crippen LogP contribution in [0.25, 0.3) is 0 Å². The van der Waals surface area contributed by atoms with E-state index < -0.39 is 40.2 Å². The Kier molecular flexibility index (Phi) is 11.2. The van der Waals surface area contributed by atoms with Gasteiger partial charge in [0.1, 0.15) is 29.9 Å². The molecule has 0 bridgehead atoms. The highest BCUT2D eigenvalue weighted by Gasteiger charge is 2.36. The molecule has 1 unspecified atom stereocenters. The third-order valence-corrected chi connectivity index (χ3v) is 8.96. The van der Waals surface area contributed by atoms with E-state index in [1.165, 1.54) is 61.6 Å². The highest BCUT2D eigenvalue weighted by molar-refractivity contribution is 7.92. The van der Waals surface area contributed by atoms with E-state index in [9.17, 15) is 22.4 Å². The van der Waals surface area contributed by atoms with Gasteiger partial charge in [0, 0.05) is 31.1 Å². The van der Waals surface area contributed by atoms with E-state index >= 15 is 0 Å². The number of anilines is 1. The molecular weight excluding hydrogens is 597 g/mol. The lowest BCUT2D eigenvalue weighted by molar-refractivity contribution is -0.140. The summed E-state index contributed by atoms with van der Waals surface area (Å²) in [6.45, 7) is 1.04. The molecule has 0 aliphatic rings. The first kappa shape index (κ1) is 33.0. The summed E-state index contributed by atoms with van der Waals surface area (Å²) in [6.07, 6.45) is 0.112. The van der Waals surface area contributed by atoms with Crippen LogP contribution in [0.15, 0.2) is 108 Å². The third kappa shape index (κ3) is 7.98. The highest BCUT2D eigenvalue weighted by Crippen LogP contribution is 2.36. The minimum absolute atomic E-state index is 0.0533. The quantitative estimate of drug-likeness (QED) is 0.214. The van der Waals surface area contributed by atoms with Gasteiger partial charge in [-0.05, 0) is 42.8 Å². The normalized spacial score (nSPS) is 11.7. The maximum atomic E-state index is 15.0. The molecule has 0 heterocycles. The van der Waals surface area contributed by atoms with Crippen molar-refractivity contribution in [2.24, 2.45) is 0 Å². The molecule has 0 saturated carbocycles. The number of hydrogen-bond donors (Lipinski definition) is 1. The Bertz CT molecular complexity index is 1700. The van der Waals surface area contributed by atoms with Crippen molar-refractivity contribution in [1.82, 2.24) is 10.2 Å². The van der Waals surface area contributed by atoms with E-state index in [-0.39, 0.29) is 34.9 Å². The average Bonchev–Trinajstić information content (AvgIpc) is 3.06. The molecule has 0 spiro atoms. The van der Waals surface area contributed by atoms with E-state index in [2.05, 4.69) is 5.32 Å². The molecule has 9 nitrogen and oxygen atoms in total. The van der Waals surface area contributed by atoms with Gasteiger partial charge in [-0.2, -0.15) is 0 Å².